The molecule has 0 radical (unpaired) electrons. The molecule has 1 saturated carbocycles. The van der Waals surface area contributed by atoms with Crippen molar-refractivity contribution in [3.63, 3.8) is 0 Å². The van der Waals surface area contributed by atoms with E-state index < -0.39 is 9.84 Å². The number of nitrogens with zero attached hydrogens (tertiary/aromatic N) is 1. The van der Waals surface area contributed by atoms with Gasteiger partial charge in [0.1, 0.15) is 0 Å². The number of hydrogen-bond donors (Lipinski definition) is 2. The minimum Gasteiger partial charge on any atom is -0.349 e. The molecule has 1 aromatic rings. The lowest BCUT2D eigenvalue weighted by Gasteiger charge is -2.34. The zero-order valence-electron chi connectivity index (χ0n) is 16.2. The first-order valence-electron chi connectivity index (χ1n) is 9.93. The van der Waals surface area contributed by atoms with Gasteiger partial charge in [0.15, 0.2) is 15.0 Å². The van der Waals surface area contributed by atoms with Gasteiger partial charge in [-0.3, -0.25) is 9.79 Å². The van der Waals surface area contributed by atoms with Gasteiger partial charge in [0.2, 0.25) is 0 Å². The van der Waals surface area contributed by atoms with Crippen LogP contribution in [0, 0.1) is 11.8 Å². The number of sulfone groups is 1. The van der Waals surface area contributed by atoms with Gasteiger partial charge in [-0.05, 0) is 42.5 Å². The van der Waals surface area contributed by atoms with E-state index in [1.165, 1.54) is 24.6 Å². The second-order valence-electron chi connectivity index (χ2n) is 8.28. The molecule has 28 heavy (non-hydrogen) atoms. The molecule has 3 aliphatic rings. The average Bonchev–Trinajstić information content (AvgIpc) is 3.12. The van der Waals surface area contributed by atoms with E-state index in [-0.39, 0.29) is 34.7 Å². The van der Waals surface area contributed by atoms with E-state index in [1.54, 1.807) is 0 Å². The monoisotopic (exact) mass is 421 g/mol. The summed E-state index contributed by atoms with van der Waals surface area (Å²) < 4.78 is 23.3. The van der Waals surface area contributed by atoms with Crippen molar-refractivity contribution >= 4 is 38.4 Å². The number of rotatable bonds is 3. The zero-order valence-corrected chi connectivity index (χ0v) is 17.9. The van der Waals surface area contributed by atoms with Gasteiger partial charge in [0.05, 0.1) is 17.5 Å². The third-order valence-corrected chi connectivity index (χ3v) is 9.38. The lowest BCUT2D eigenvalue weighted by Crippen LogP contribution is -2.43. The van der Waals surface area contributed by atoms with Gasteiger partial charge < -0.3 is 10.6 Å². The van der Waals surface area contributed by atoms with Crippen LogP contribution in [0.2, 0.25) is 0 Å². The topological polar surface area (TPSA) is 87.6 Å². The SMILES string of the molecule is CC1CCCC(NC(=O)c2ccc(NC3=NC4CS(=O)(=O)CC4S3)cc2)C1C. The number of thioether (sulfide) groups is 1. The first kappa shape index (κ1) is 19.8. The smallest absolute Gasteiger partial charge is 0.251 e. The molecule has 2 N–H and O–H groups in total. The van der Waals surface area contributed by atoms with Gasteiger partial charge in [-0.2, -0.15) is 0 Å². The molecule has 152 valence electrons. The number of amides is 1. The number of nitrogens with one attached hydrogen (secondary N) is 2. The minimum absolute atomic E-state index is 0.0233. The van der Waals surface area contributed by atoms with Crippen LogP contribution in [0.15, 0.2) is 29.3 Å². The van der Waals surface area contributed by atoms with Gasteiger partial charge in [0, 0.05) is 22.5 Å². The predicted molar refractivity (Wildman–Crippen MR) is 115 cm³/mol. The molecule has 6 nitrogen and oxygen atoms in total. The largest absolute Gasteiger partial charge is 0.349 e. The van der Waals surface area contributed by atoms with Crippen LogP contribution in [0.3, 0.4) is 0 Å². The normalized spacial score (nSPS) is 33.8. The molecule has 2 aliphatic heterocycles. The van der Waals surface area contributed by atoms with Crippen LogP contribution in [0.25, 0.3) is 0 Å². The van der Waals surface area contributed by atoms with E-state index in [9.17, 15) is 13.2 Å². The number of aliphatic imine (C=N–C) groups is 1. The third kappa shape index (κ3) is 4.22. The van der Waals surface area contributed by atoms with E-state index in [4.69, 9.17) is 0 Å². The molecule has 2 heterocycles. The van der Waals surface area contributed by atoms with E-state index in [1.807, 2.05) is 24.3 Å². The Hall–Kier alpha value is -1.54. The number of anilines is 1. The molecule has 5 unspecified atom stereocenters. The van der Waals surface area contributed by atoms with Crippen molar-refractivity contribution in [2.45, 2.75) is 50.4 Å². The Balaban J connectivity index is 1.35. The highest BCUT2D eigenvalue weighted by Crippen LogP contribution is 2.34. The van der Waals surface area contributed by atoms with Crippen LogP contribution < -0.4 is 10.6 Å². The molecule has 1 aromatic carbocycles. The Bertz CT molecular complexity index is 882. The fraction of sp³-hybridized carbons (Fsp3) is 0.600. The van der Waals surface area contributed by atoms with Gasteiger partial charge >= 0.3 is 0 Å². The van der Waals surface area contributed by atoms with Crippen molar-refractivity contribution in [3.05, 3.63) is 29.8 Å². The Morgan fingerprint density at radius 1 is 1.14 bits per heavy atom. The fourth-order valence-corrected chi connectivity index (χ4v) is 7.96. The number of amidine groups is 1. The van der Waals surface area contributed by atoms with Crippen molar-refractivity contribution in [1.29, 1.82) is 0 Å². The number of benzene rings is 1. The van der Waals surface area contributed by atoms with Crippen LogP contribution in [-0.4, -0.2) is 48.3 Å². The van der Waals surface area contributed by atoms with Gasteiger partial charge in [-0.1, -0.05) is 38.5 Å². The van der Waals surface area contributed by atoms with E-state index >= 15 is 0 Å². The van der Waals surface area contributed by atoms with Crippen molar-refractivity contribution in [2.75, 3.05) is 16.8 Å². The van der Waals surface area contributed by atoms with Gasteiger partial charge in [0.25, 0.3) is 5.91 Å². The van der Waals surface area contributed by atoms with Crippen LogP contribution in [-0.2, 0) is 9.84 Å². The fourth-order valence-electron chi connectivity index (χ4n) is 4.28. The number of carbonyl (C=O) groups is 1. The maximum atomic E-state index is 12.6. The second kappa shape index (κ2) is 7.71. The molecule has 0 aromatic heterocycles. The Morgan fingerprint density at radius 3 is 2.61 bits per heavy atom. The minimum atomic E-state index is -2.94. The average molecular weight is 422 g/mol. The standard InChI is InChI=1S/C20H27N3O3S2/c1-12-4-3-5-16(13(12)2)22-19(24)14-6-8-15(9-7-14)21-20-23-17-10-28(25,26)11-18(17)27-20/h6-9,12-13,16-18H,3-5,10-11H2,1-2H3,(H,21,23)(H,22,24). The van der Waals surface area contributed by atoms with Crippen molar-refractivity contribution in [1.82, 2.24) is 5.32 Å². The Morgan fingerprint density at radius 2 is 1.89 bits per heavy atom. The zero-order chi connectivity index (χ0) is 19.9. The van der Waals surface area contributed by atoms with E-state index in [0.29, 0.717) is 17.4 Å². The Kier molecular flexibility index (Phi) is 5.44. The van der Waals surface area contributed by atoms with Crippen molar-refractivity contribution in [2.24, 2.45) is 16.8 Å². The molecule has 1 amide bonds. The van der Waals surface area contributed by atoms with E-state index in [0.717, 1.165) is 17.3 Å². The summed E-state index contributed by atoms with van der Waals surface area (Å²) >= 11 is 1.49. The first-order valence-corrected chi connectivity index (χ1v) is 12.6. The summed E-state index contributed by atoms with van der Waals surface area (Å²) in [5.41, 5.74) is 1.50. The molecular weight excluding hydrogens is 394 g/mol. The van der Waals surface area contributed by atoms with Gasteiger partial charge in [-0.15, -0.1) is 0 Å². The highest BCUT2D eigenvalue weighted by molar-refractivity contribution is 8.15. The van der Waals surface area contributed by atoms with Crippen LogP contribution >= 0.6 is 11.8 Å². The number of carbonyl (C=O) groups excluding carboxylic acids is 1. The summed E-state index contributed by atoms with van der Waals surface area (Å²) in [7, 11) is -2.94. The van der Waals surface area contributed by atoms with E-state index in [2.05, 4.69) is 29.5 Å². The summed E-state index contributed by atoms with van der Waals surface area (Å²) in [5, 5.41) is 7.22. The summed E-state index contributed by atoms with van der Waals surface area (Å²) in [6, 6.07) is 7.49. The van der Waals surface area contributed by atoms with Crippen LogP contribution in [0.1, 0.15) is 43.5 Å². The van der Waals surface area contributed by atoms with Crippen molar-refractivity contribution < 1.29 is 13.2 Å². The summed E-state index contributed by atoms with van der Waals surface area (Å²) in [5.74, 6) is 1.47. The lowest BCUT2D eigenvalue weighted by atomic mass is 9.78. The summed E-state index contributed by atoms with van der Waals surface area (Å²) in [4.78, 5) is 17.1. The number of fused-ring (bicyclic) bond motifs is 1. The molecular formula is C20H27N3O3S2. The maximum Gasteiger partial charge on any atom is 0.251 e. The first-order chi connectivity index (χ1) is 13.3. The summed E-state index contributed by atoms with van der Waals surface area (Å²) in [6.45, 7) is 4.49. The maximum absolute atomic E-state index is 12.6. The third-order valence-electron chi connectivity index (χ3n) is 6.24. The second-order valence-corrected chi connectivity index (χ2v) is 11.7. The molecule has 2 fully saturated rings. The van der Waals surface area contributed by atoms with Crippen LogP contribution in [0.5, 0.6) is 0 Å². The molecule has 4 rings (SSSR count). The lowest BCUT2D eigenvalue weighted by molar-refractivity contribution is 0.0891. The molecule has 8 heteroatoms. The van der Waals surface area contributed by atoms with Crippen molar-refractivity contribution in [3.8, 4) is 0 Å². The highest BCUT2D eigenvalue weighted by atomic mass is 32.2. The summed E-state index contributed by atoms with van der Waals surface area (Å²) in [6.07, 6.45) is 3.46. The molecule has 0 spiro atoms. The predicted octanol–water partition coefficient (Wildman–Crippen LogP) is 2.92. The van der Waals surface area contributed by atoms with Gasteiger partial charge in [-0.25, -0.2) is 8.42 Å². The molecule has 0 bridgehead atoms. The quantitative estimate of drug-likeness (QED) is 0.784. The molecule has 1 saturated heterocycles. The number of hydrogen-bond acceptors (Lipinski definition) is 6. The van der Waals surface area contributed by atoms with Crippen LogP contribution in [0.4, 0.5) is 5.69 Å². The molecule has 5 atom stereocenters. The molecule has 1 aliphatic carbocycles. The Labute approximate surface area is 170 Å². The highest BCUT2D eigenvalue weighted by Gasteiger charge is 2.42.